The lowest BCUT2D eigenvalue weighted by Gasteiger charge is -2.20. The fourth-order valence-corrected chi connectivity index (χ4v) is 5.15. The Morgan fingerprint density at radius 3 is 2.72 bits per heavy atom. The lowest BCUT2D eigenvalue weighted by molar-refractivity contribution is -0.112. The van der Waals surface area contributed by atoms with Crippen molar-refractivity contribution < 1.29 is 13.2 Å². The molecule has 0 unspecified atom stereocenters. The van der Waals surface area contributed by atoms with E-state index in [-0.39, 0.29) is 11.7 Å². The molecule has 0 aliphatic carbocycles. The van der Waals surface area contributed by atoms with Crippen LogP contribution in [0.25, 0.3) is 6.08 Å². The molecule has 1 aromatic carbocycles. The second-order valence-corrected chi connectivity index (χ2v) is 9.03. The third-order valence-corrected chi connectivity index (χ3v) is 6.76. The van der Waals surface area contributed by atoms with Crippen molar-refractivity contribution in [2.45, 2.75) is 20.3 Å². The van der Waals surface area contributed by atoms with Crippen LogP contribution in [0.4, 0.5) is 11.4 Å². The zero-order valence-electron chi connectivity index (χ0n) is 14.2. The van der Waals surface area contributed by atoms with Crippen molar-refractivity contribution in [3.63, 3.8) is 0 Å². The van der Waals surface area contributed by atoms with Crippen molar-refractivity contribution in [1.29, 1.82) is 0 Å². The fraction of sp³-hybridized carbons (Fsp3) is 0.278. The van der Waals surface area contributed by atoms with Crippen LogP contribution >= 0.6 is 11.3 Å². The maximum atomic E-state index is 12.3. The number of anilines is 2. The van der Waals surface area contributed by atoms with Crippen molar-refractivity contribution in [2.24, 2.45) is 0 Å². The smallest absolute Gasteiger partial charge is 0.251 e. The summed E-state index contributed by atoms with van der Waals surface area (Å²) < 4.78 is 25.6. The predicted octanol–water partition coefficient (Wildman–Crippen LogP) is 3.64. The number of carbonyl (C=O) groups excluding carboxylic acids is 1. The van der Waals surface area contributed by atoms with Crippen molar-refractivity contribution in [2.75, 3.05) is 21.9 Å². The van der Waals surface area contributed by atoms with E-state index in [1.165, 1.54) is 4.31 Å². The van der Waals surface area contributed by atoms with Crippen LogP contribution in [-0.4, -0.2) is 26.6 Å². The number of rotatable bonds is 4. The molecule has 7 heteroatoms. The highest BCUT2D eigenvalue weighted by Crippen LogP contribution is 2.29. The Kier molecular flexibility index (Phi) is 4.96. The second kappa shape index (κ2) is 7.01. The molecule has 0 saturated carbocycles. The van der Waals surface area contributed by atoms with E-state index in [1.54, 1.807) is 36.5 Å². The van der Waals surface area contributed by atoms with Crippen LogP contribution in [0.3, 0.4) is 0 Å². The summed E-state index contributed by atoms with van der Waals surface area (Å²) >= 11 is 1.57. The van der Waals surface area contributed by atoms with E-state index >= 15 is 0 Å². The van der Waals surface area contributed by atoms with Gasteiger partial charge in [-0.15, -0.1) is 11.3 Å². The first-order valence-electron chi connectivity index (χ1n) is 8.01. The molecule has 132 valence electrons. The fourth-order valence-electron chi connectivity index (χ4n) is 2.81. The third kappa shape index (κ3) is 3.93. The molecule has 3 rings (SSSR count). The van der Waals surface area contributed by atoms with Crippen molar-refractivity contribution in [3.05, 3.63) is 51.7 Å². The highest BCUT2D eigenvalue weighted by Gasteiger charge is 2.29. The molecule has 0 bridgehead atoms. The summed E-state index contributed by atoms with van der Waals surface area (Å²) in [5.74, 6) is 0.0202. The van der Waals surface area contributed by atoms with Gasteiger partial charge >= 0.3 is 0 Å². The Morgan fingerprint density at radius 2 is 2.12 bits per heavy atom. The molecule has 1 N–H and O–H groups in total. The van der Waals surface area contributed by atoms with E-state index < -0.39 is 10.0 Å². The SMILES string of the molecule is C/C(=C\c1cccs1)C(=O)Nc1ccc(N2CCCS2(=O)=O)c(C)c1. The van der Waals surface area contributed by atoms with Gasteiger partial charge in [-0.1, -0.05) is 6.07 Å². The number of thiophene rings is 1. The van der Waals surface area contributed by atoms with Crippen LogP contribution < -0.4 is 9.62 Å². The molecule has 25 heavy (non-hydrogen) atoms. The van der Waals surface area contributed by atoms with Gasteiger partial charge in [0.2, 0.25) is 10.0 Å². The molecule has 1 aliphatic rings. The Balaban J connectivity index is 1.76. The van der Waals surface area contributed by atoms with Crippen LogP contribution in [0.1, 0.15) is 23.8 Å². The van der Waals surface area contributed by atoms with Gasteiger partial charge in [-0.3, -0.25) is 9.10 Å². The molecule has 2 aromatic rings. The molecule has 1 aliphatic heterocycles. The molecule has 1 aromatic heterocycles. The molecular formula is C18H20N2O3S2. The summed E-state index contributed by atoms with van der Waals surface area (Å²) in [6.07, 6.45) is 2.49. The average Bonchev–Trinajstić information content (AvgIpc) is 3.17. The molecule has 0 radical (unpaired) electrons. The normalized spacial score (nSPS) is 16.9. The number of hydrogen-bond acceptors (Lipinski definition) is 4. The van der Waals surface area contributed by atoms with Gasteiger partial charge in [-0.2, -0.15) is 0 Å². The molecule has 1 saturated heterocycles. The predicted molar refractivity (Wildman–Crippen MR) is 104 cm³/mol. The third-order valence-electron chi connectivity index (χ3n) is 4.08. The van der Waals surface area contributed by atoms with Gasteiger partial charge in [0, 0.05) is 22.7 Å². The Bertz CT molecular complexity index is 916. The minimum Gasteiger partial charge on any atom is -0.322 e. The summed E-state index contributed by atoms with van der Waals surface area (Å²) in [5, 5.41) is 4.83. The maximum Gasteiger partial charge on any atom is 0.251 e. The topological polar surface area (TPSA) is 66.5 Å². The molecule has 2 heterocycles. The van der Waals surface area contributed by atoms with E-state index in [4.69, 9.17) is 0 Å². The number of aryl methyl sites for hydroxylation is 1. The molecule has 0 atom stereocenters. The van der Waals surface area contributed by atoms with Gasteiger partial charge in [0.15, 0.2) is 0 Å². The lowest BCUT2D eigenvalue weighted by Crippen LogP contribution is -2.25. The second-order valence-electron chi connectivity index (χ2n) is 6.04. The quantitative estimate of drug-likeness (QED) is 0.829. The number of nitrogens with zero attached hydrogens (tertiary/aromatic N) is 1. The number of benzene rings is 1. The lowest BCUT2D eigenvalue weighted by atomic mass is 10.1. The highest BCUT2D eigenvalue weighted by molar-refractivity contribution is 7.93. The van der Waals surface area contributed by atoms with Crippen molar-refractivity contribution >= 4 is 44.7 Å². The van der Waals surface area contributed by atoms with Crippen LogP contribution in [0, 0.1) is 6.92 Å². The van der Waals surface area contributed by atoms with E-state index in [0.29, 0.717) is 29.9 Å². The van der Waals surface area contributed by atoms with Crippen molar-refractivity contribution in [1.82, 2.24) is 0 Å². The van der Waals surface area contributed by atoms with Crippen LogP contribution in [-0.2, 0) is 14.8 Å². The first-order chi connectivity index (χ1) is 11.9. The summed E-state index contributed by atoms with van der Waals surface area (Å²) in [6, 6.07) is 9.20. The van der Waals surface area contributed by atoms with Gasteiger partial charge in [-0.25, -0.2) is 8.42 Å². The summed E-state index contributed by atoms with van der Waals surface area (Å²) in [5.41, 5.74) is 2.78. The monoisotopic (exact) mass is 376 g/mol. The number of sulfonamides is 1. The van der Waals surface area contributed by atoms with Gasteiger partial charge in [0.05, 0.1) is 11.4 Å². The highest BCUT2D eigenvalue weighted by atomic mass is 32.2. The Morgan fingerprint density at radius 1 is 1.32 bits per heavy atom. The number of carbonyl (C=O) groups is 1. The minimum atomic E-state index is -3.20. The van der Waals surface area contributed by atoms with E-state index in [0.717, 1.165) is 10.4 Å². The first-order valence-corrected chi connectivity index (χ1v) is 10.5. The van der Waals surface area contributed by atoms with Gasteiger partial charge in [-0.05, 0) is 61.6 Å². The van der Waals surface area contributed by atoms with Gasteiger partial charge in [0.25, 0.3) is 5.91 Å². The molecular weight excluding hydrogens is 356 g/mol. The van der Waals surface area contributed by atoms with E-state index in [1.807, 2.05) is 30.5 Å². The summed E-state index contributed by atoms with van der Waals surface area (Å²) in [7, 11) is -3.20. The van der Waals surface area contributed by atoms with Crippen LogP contribution in [0.2, 0.25) is 0 Å². The largest absolute Gasteiger partial charge is 0.322 e. The zero-order valence-corrected chi connectivity index (χ0v) is 15.8. The zero-order chi connectivity index (χ0) is 18.0. The Hall–Kier alpha value is -2.12. The number of nitrogens with one attached hydrogen (secondary N) is 1. The summed E-state index contributed by atoms with van der Waals surface area (Å²) in [4.78, 5) is 13.3. The Labute approximate surface area is 152 Å². The van der Waals surface area contributed by atoms with Crippen molar-refractivity contribution in [3.8, 4) is 0 Å². The minimum absolute atomic E-state index is 0.172. The molecule has 5 nitrogen and oxygen atoms in total. The van der Waals surface area contributed by atoms with E-state index in [9.17, 15) is 13.2 Å². The van der Waals surface area contributed by atoms with E-state index in [2.05, 4.69) is 5.32 Å². The average molecular weight is 377 g/mol. The van der Waals surface area contributed by atoms with Crippen LogP contribution in [0.5, 0.6) is 0 Å². The van der Waals surface area contributed by atoms with Gasteiger partial charge < -0.3 is 5.32 Å². The van der Waals surface area contributed by atoms with Crippen LogP contribution in [0.15, 0.2) is 41.3 Å². The van der Waals surface area contributed by atoms with Gasteiger partial charge in [0.1, 0.15) is 0 Å². The number of amides is 1. The maximum absolute atomic E-state index is 12.3. The molecule has 1 fully saturated rings. The first kappa shape index (κ1) is 17.7. The molecule has 1 amide bonds. The molecule has 0 spiro atoms. The number of hydrogen-bond donors (Lipinski definition) is 1. The summed E-state index contributed by atoms with van der Waals surface area (Å²) in [6.45, 7) is 4.14. The standard InChI is InChI=1S/C18H20N2O3S2/c1-13-11-15(6-7-17(13)20-8-4-10-25(20,22)23)19-18(21)14(2)12-16-5-3-9-24-16/h3,5-7,9,11-12H,4,8,10H2,1-2H3,(H,19,21)/b14-12+.